The molecule has 0 bridgehead atoms. The number of anilines is 1. The standard InChI is InChI=1S/C20H15F3N4O2/c1-11-7-16(15-5-6-25-18(15)27(11)28)17-9-13(24)10-26-19(17)29-14-4-2-3-12(8-14)20(21,22)23/h2-10,28H,24H2,1H3. The van der Waals surface area contributed by atoms with Crippen LogP contribution >= 0.6 is 0 Å². The van der Waals surface area contributed by atoms with Crippen molar-refractivity contribution < 1.29 is 23.1 Å². The maximum atomic E-state index is 13.0. The van der Waals surface area contributed by atoms with Crippen LogP contribution in [0.2, 0.25) is 0 Å². The van der Waals surface area contributed by atoms with Crippen molar-refractivity contribution in [2.45, 2.75) is 13.1 Å². The molecule has 148 valence electrons. The van der Waals surface area contributed by atoms with E-state index in [0.717, 1.165) is 16.9 Å². The molecule has 0 aliphatic carbocycles. The predicted octanol–water partition coefficient (Wildman–Crippen LogP) is 4.99. The molecule has 0 unspecified atom stereocenters. The Morgan fingerprint density at radius 2 is 1.83 bits per heavy atom. The second kappa shape index (κ2) is 6.69. The van der Waals surface area contributed by atoms with Gasteiger partial charge in [-0.15, -0.1) is 0 Å². The first-order chi connectivity index (χ1) is 13.7. The molecule has 0 spiro atoms. The fourth-order valence-electron chi connectivity index (χ4n) is 3.03. The number of hydrogen-bond acceptors (Lipinski definition) is 5. The third-order valence-electron chi connectivity index (χ3n) is 4.40. The minimum Gasteiger partial charge on any atom is -0.438 e. The molecule has 0 radical (unpaired) electrons. The molecular weight excluding hydrogens is 385 g/mol. The van der Waals surface area contributed by atoms with Crippen LogP contribution in [0.5, 0.6) is 11.6 Å². The van der Waals surface area contributed by atoms with E-state index in [1.807, 2.05) is 0 Å². The summed E-state index contributed by atoms with van der Waals surface area (Å²) in [5.74, 6) is 0.392. The van der Waals surface area contributed by atoms with Gasteiger partial charge in [-0.25, -0.2) is 9.97 Å². The largest absolute Gasteiger partial charge is 0.438 e. The molecule has 3 N–H and O–H groups in total. The van der Waals surface area contributed by atoms with Crippen molar-refractivity contribution in [2.75, 3.05) is 5.73 Å². The van der Waals surface area contributed by atoms with Gasteiger partial charge in [0, 0.05) is 22.9 Å². The van der Waals surface area contributed by atoms with E-state index in [1.54, 1.807) is 25.1 Å². The maximum absolute atomic E-state index is 13.0. The zero-order valence-electron chi connectivity index (χ0n) is 15.1. The third-order valence-corrected chi connectivity index (χ3v) is 4.40. The number of nitrogens with two attached hydrogens (primary N) is 1. The molecule has 2 aromatic rings. The van der Waals surface area contributed by atoms with Gasteiger partial charge in [-0.3, -0.25) is 0 Å². The van der Waals surface area contributed by atoms with Crippen LogP contribution in [0.25, 0.3) is 22.5 Å². The molecule has 2 aliphatic rings. The van der Waals surface area contributed by atoms with Crippen LogP contribution in [0, 0.1) is 6.92 Å². The second-order valence-corrected chi connectivity index (χ2v) is 6.44. The van der Waals surface area contributed by atoms with E-state index < -0.39 is 11.7 Å². The summed E-state index contributed by atoms with van der Waals surface area (Å²) < 4.78 is 45.7. The number of ether oxygens (including phenoxy) is 1. The molecule has 3 heterocycles. The lowest BCUT2D eigenvalue weighted by Crippen LogP contribution is -2.06. The van der Waals surface area contributed by atoms with Crippen LogP contribution in [-0.4, -0.2) is 19.9 Å². The Morgan fingerprint density at radius 1 is 1.03 bits per heavy atom. The van der Waals surface area contributed by atoms with Crippen molar-refractivity contribution in [1.82, 2.24) is 14.7 Å². The van der Waals surface area contributed by atoms with Gasteiger partial charge < -0.3 is 15.7 Å². The third kappa shape index (κ3) is 3.42. The van der Waals surface area contributed by atoms with E-state index in [4.69, 9.17) is 10.5 Å². The van der Waals surface area contributed by atoms with Gasteiger partial charge in [-0.2, -0.15) is 17.9 Å². The van der Waals surface area contributed by atoms with E-state index in [-0.39, 0.29) is 11.6 Å². The summed E-state index contributed by atoms with van der Waals surface area (Å²) in [4.78, 5) is 8.30. The lowest BCUT2D eigenvalue weighted by Gasteiger charge is -2.17. The quantitative estimate of drug-likeness (QED) is 0.473. The number of nitrogen functional groups attached to an aromatic ring is 1. The molecule has 1 aromatic heterocycles. The number of halogens is 3. The summed E-state index contributed by atoms with van der Waals surface area (Å²) in [6.45, 7) is 1.69. The first-order valence-corrected chi connectivity index (χ1v) is 8.51. The van der Waals surface area contributed by atoms with Crippen LogP contribution in [0.4, 0.5) is 18.9 Å². The molecule has 4 rings (SSSR count). The number of aryl methyl sites for hydroxylation is 1. The van der Waals surface area contributed by atoms with E-state index >= 15 is 0 Å². The maximum Gasteiger partial charge on any atom is 0.416 e. The molecule has 0 saturated carbocycles. The normalized spacial score (nSPS) is 11.7. The zero-order valence-corrected chi connectivity index (χ0v) is 15.1. The van der Waals surface area contributed by atoms with E-state index in [1.165, 1.54) is 24.5 Å². The summed E-state index contributed by atoms with van der Waals surface area (Å²) in [5, 5.41) is 10.2. The summed E-state index contributed by atoms with van der Waals surface area (Å²) in [5.41, 5.74) is 7.61. The van der Waals surface area contributed by atoms with Crippen LogP contribution < -0.4 is 10.5 Å². The molecule has 0 atom stereocenters. The second-order valence-electron chi connectivity index (χ2n) is 6.44. The topological polar surface area (TPSA) is 86.2 Å². The fourth-order valence-corrected chi connectivity index (χ4v) is 3.03. The monoisotopic (exact) mass is 400 g/mol. The van der Waals surface area contributed by atoms with Crippen LogP contribution in [-0.2, 0) is 6.18 Å². The first kappa shape index (κ1) is 18.6. The number of pyridine rings is 2. The molecule has 1 aromatic carbocycles. The highest BCUT2D eigenvalue weighted by molar-refractivity contribution is 5.85. The number of rotatable bonds is 3. The van der Waals surface area contributed by atoms with Gasteiger partial charge in [0.1, 0.15) is 5.75 Å². The van der Waals surface area contributed by atoms with Gasteiger partial charge in [0.05, 0.1) is 23.1 Å². The van der Waals surface area contributed by atoms with Gasteiger partial charge in [0.25, 0.3) is 0 Å². The van der Waals surface area contributed by atoms with Crippen LogP contribution in [0.3, 0.4) is 0 Å². The first-order valence-electron chi connectivity index (χ1n) is 8.51. The lowest BCUT2D eigenvalue weighted by atomic mass is 10.0. The van der Waals surface area contributed by atoms with Gasteiger partial charge in [0.2, 0.25) is 5.88 Å². The Hall–Kier alpha value is -3.75. The van der Waals surface area contributed by atoms with Crippen molar-refractivity contribution in [3.63, 3.8) is 0 Å². The van der Waals surface area contributed by atoms with Crippen LogP contribution in [0.1, 0.15) is 11.3 Å². The van der Waals surface area contributed by atoms with Crippen molar-refractivity contribution >= 4 is 5.69 Å². The molecule has 0 fully saturated rings. The van der Waals surface area contributed by atoms with Gasteiger partial charge in [-0.1, -0.05) is 6.07 Å². The Kier molecular flexibility index (Phi) is 4.30. The SMILES string of the molecule is Cc1cc(-c2cc(N)cnc2Oc2cccc(C(F)(F)F)c2)c2ccnc-2n1O. The molecule has 29 heavy (non-hydrogen) atoms. The predicted molar refractivity (Wildman–Crippen MR) is 99.9 cm³/mol. The Balaban J connectivity index is 1.83. The van der Waals surface area contributed by atoms with Gasteiger partial charge >= 0.3 is 6.18 Å². The molecule has 9 heteroatoms. The molecule has 2 aliphatic heterocycles. The molecular formula is C20H15F3N4O2. The molecule has 0 saturated heterocycles. The Labute approximate surface area is 163 Å². The minimum atomic E-state index is -4.49. The highest BCUT2D eigenvalue weighted by atomic mass is 19.4. The molecule has 6 nitrogen and oxygen atoms in total. The zero-order chi connectivity index (χ0) is 20.8. The van der Waals surface area contributed by atoms with Gasteiger partial charge in [-0.05, 0) is 43.3 Å². The average Bonchev–Trinajstić information content (AvgIpc) is 3.16. The van der Waals surface area contributed by atoms with E-state index in [9.17, 15) is 18.4 Å². The average molecular weight is 400 g/mol. The van der Waals surface area contributed by atoms with E-state index in [0.29, 0.717) is 33.9 Å². The smallest absolute Gasteiger partial charge is 0.416 e. The summed E-state index contributed by atoms with van der Waals surface area (Å²) >= 11 is 0. The van der Waals surface area contributed by atoms with E-state index in [2.05, 4.69) is 9.97 Å². The van der Waals surface area contributed by atoms with Crippen LogP contribution in [0.15, 0.2) is 54.9 Å². The fraction of sp³-hybridized carbons (Fsp3) is 0.100. The van der Waals surface area contributed by atoms with Crippen molar-refractivity contribution in [1.29, 1.82) is 0 Å². The number of fused-ring (bicyclic) bond motifs is 1. The van der Waals surface area contributed by atoms with Crippen molar-refractivity contribution in [3.05, 3.63) is 66.1 Å². The number of benzene rings is 1. The summed E-state index contributed by atoms with van der Waals surface area (Å²) in [6.07, 6.45) is -1.60. The minimum absolute atomic E-state index is 0.0138. The number of aromatic nitrogens is 3. The number of alkyl halides is 3. The number of nitrogens with zero attached hydrogens (tertiary/aromatic N) is 3. The van der Waals surface area contributed by atoms with Gasteiger partial charge in [0.15, 0.2) is 5.82 Å². The Morgan fingerprint density at radius 3 is 2.59 bits per heavy atom. The Bertz CT molecular complexity index is 1170. The lowest BCUT2D eigenvalue weighted by molar-refractivity contribution is -0.137. The van der Waals surface area contributed by atoms with Crippen molar-refractivity contribution in [2.24, 2.45) is 0 Å². The number of hydrogen-bond donors (Lipinski definition) is 2. The van der Waals surface area contributed by atoms with Crippen molar-refractivity contribution in [3.8, 4) is 34.1 Å². The summed E-state index contributed by atoms with van der Waals surface area (Å²) in [6, 6.07) is 9.54. The highest BCUT2D eigenvalue weighted by Gasteiger charge is 2.31. The highest BCUT2D eigenvalue weighted by Crippen LogP contribution is 2.40. The summed E-state index contributed by atoms with van der Waals surface area (Å²) in [7, 11) is 0. The molecule has 0 amide bonds.